The number of aliphatic imine (C=N–C) groups is 1. The Morgan fingerprint density at radius 3 is 2.68 bits per heavy atom. The number of nitrogens with two attached hydrogens (primary N) is 1. The van der Waals surface area contributed by atoms with Gasteiger partial charge in [-0.3, -0.25) is 4.99 Å². The summed E-state index contributed by atoms with van der Waals surface area (Å²) in [5, 5.41) is 0.806. The lowest BCUT2D eigenvalue weighted by molar-refractivity contribution is 0.456. The highest BCUT2D eigenvalue weighted by Gasteiger charge is 2.11. The van der Waals surface area contributed by atoms with Crippen molar-refractivity contribution in [1.82, 2.24) is 4.90 Å². The molecule has 1 saturated heterocycles. The van der Waals surface area contributed by atoms with E-state index in [-0.39, 0.29) is 24.0 Å². The Morgan fingerprint density at radius 1 is 1.32 bits per heavy atom. The van der Waals surface area contributed by atoms with E-state index in [0.717, 1.165) is 41.6 Å². The summed E-state index contributed by atoms with van der Waals surface area (Å²) in [6.45, 7) is 2.71. The molecule has 0 aliphatic carbocycles. The van der Waals surface area contributed by atoms with Crippen molar-refractivity contribution in [3.05, 3.63) is 34.9 Å². The maximum atomic E-state index is 6.10. The number of thioether (sulfide) groups is 1. The molecule has 1 aliphatic heterocycles. The van der Waals surface area contributed by atoms with Crippen LogP contribution < -0.4 is 5.73 Å². The average molecular weight is 412 g/mol. The summed E-state index contributed by atoms with van der Waals surface area (Å²) in [4.78, 5) is 6.59. The number of halogens is 2. The molecule has 0 atom stereocenters. The van der Waals surface area contributed by atoms with Gasteiger partial charge in [0.05, 0.1) is 0 Å². The van der Waals surface area contributed by atoms with E-state index in [1.54, 1.807) is 0 Å². The van der Waals surface area contributed by atoms with Crippen LogP contribution in [0.4, 0.5) is 0 Å². The van der Waals surface area contributed by atoms with Crippen LogP contribution in [0, 0.1) is 0 Å². The molecule has 0 radical (unpaired) electrons. The number of hydrogen-bond acceptors (Lipinski definition) is 2. The zero-order valence-electron chi connectivity index (χ0n) is 10.7. The van der Waals surface area contributed by atoms with E-state index in [1.165, 1.54) is 0 Å². The smallest absolute Gasteiger partial charge is 0.191 e. The Labute approximate surface area is 141 Å². The van der Waals surface area contributed by atoms with Gasteiger partial charge in [0.15, 0.2) is 5.96 Å². The summed E-state index contributed by atoms with van der Waals surface area (Å²) in [5.74, 6) is 2.95. The van der Waals surface area contributed by atoms with Crippen LogP contribution in [-0.4, -0.2) is 42.0 Å². The number of nitrogens with zero attached hydrogens (tertiary/aromatic N) is 2. The van der Waals surface area contributed by atoms with Crippen molar-refractivity contribution in [2.24, 2.45) is 10.7 Å². The fraction of sp³-hybridized carbons (Fsp3) is 0.462. The fourth-order valence-corrected chi connectivity index (χ4v) is 3.02. The molecule has 2 N–H and O–H groups in total. The van der Waals surface area contributed by atoms with Crippen molar-refractivity contribution in [3.63, 3.8) is 0 Å². The van der Waals surface area contributed by atoms with Gasteiger partial charge in [0, 0.05) is 36.2 Å². The zero-order valence-corrected chi connectivity index (χ0v) is 14.6. The van der Waals surface area contributed by atoms with E-state index >= 15 is 0 Å². The minimum Gasteiger partial charge on any atom is -0.370 e. The fourth-order valence-electron chi connectivity index (χ4n) is 1.88. The molecule has 3 nitrogen and oxygen atoms in total. The molecule has 6 heteroatoms. The van der Waals surface area contributed by atoms with E-state index in [0.29, 0.717) is 12.5 Å². The number of benzene rings is 1. The summed E-state index contributed by atoms with van der Waals surface area (Å²) >= 11 is 8.06. The maximum absolute atomic E-state index is 6.10. The Balaban J connectivity index is 0.00000180. The Kier molecular flexibility index (Phi) is 7.94. The quantitative estimate of drug-likeness (QED) is 0.472. The second-order valence-electron chi connectivity index (χ2n) is 4.18. The predicted octanol–water partition coefficient (Wildman–Crippen LogP) is 2.86. The van der Waals surface area contributed by atoms with Crippen LogP contribution in [0.1, 0.15) is 5.56 Å². The lowest BCUT2D eigenvalue weighted by Crippen LogP contribution is -2.42. The molecule has 1 heterocycles. The first kappa shape index (κ1) is 16.9. The molecular weight excluding hydrogens is 393 g/mol. The van der Waals surface area contributed by atoms with Gasteiger partial charge in [-0.15, -0.1) is 24.0 Å². The largest absolute Gasteiger partial charge is 0.370 e. The van der Waals surface area contributed by atoms with Crippen LogP contribution in [0.5, 0.6) is 0 Å². The minimum atomic E-state index is 0. The van der Waals surface area contributed by atoms with Crippen molar-refractivity contribution < 1.29 is 0 Å². The normalized spacial score (nSPS) is 16.1. The predicted molar refractivity (Wildman–Crippen MR) is 96.0 cm³/mol. The molecule has 1 fully saturated rings. The molecule has 0 saturated carbocycles. The van der Waals surface area contributed by atoms with Crippen molar-refractivity contribution in [2.45, 2.75) is 6.42 Å². The van der Waals surface area contributed by atoms with Gasteiger partial charge in [-0.25, -0.2) is 0 Å². The van der Waals surface area contributed by atoms with E-state index in [2.05, 4.69) is 9.89 Å². The zero-order chi connectivity index (χ0) is 12.8. The third-order valence-electron chi connectivity index (χ3n) is 2.95. The average Bonchev–Trinajstić information content (AvgIpc) is 2.42. The van der Waals surface area contributed by atoms with Gasteiger partial charge in [0.25, 0.3) is 0 Å². The molecule has 0 amide bonds. The standard InChI is InChI=1S/C13H18ClN3S.HI/c14-12-4-2-1-3-11(12)5-6-16-13(15)17-7-9-18-10-8-17;/h1-4H,5-10H2,(H2,15,16);1H. The molecule has 1 aromatic carbocycles. The molecule has 0 bridgehead atoms. The highest BCUT2D eigenvalue weighted by Crippen LogP contribution is 2.15. The van der Waals surface area contributed by atoms with Crippen LogP contribution in [-0.2, 0) is 6.42 Å². The molecule has 19 heavy (non-hydrogen) atoms. The van der Waals surface area contributed by atoms with E-state index in [1.807, 2.05) is 36.0 Å². The molecule has 0 aromatic heterocycles. The van der Waals surface area contributed by atoms with Gasteiger partial charge >= 0.3 is 0 Å². The van der Waals surface area contributed by atoms with Gasteiger partial charge in [-0.1, -0.05) is 29.8 Å². The molecule has 0 spiro atoms. The van der Waals surface area contributed by atoms with Crippen molar-refractivity contribution >= 4 is 53.3 Å². The van der Waals surface area contributed by atoms with E-state index in [4.69, 9.17) is 17.3 Å². The van der Waals surface area contributed by atoms with Gasteiger partial charge in [0.1, 0.15) is 0 Å². The monoisotopic (exact) mass is 411 g/mol. The first-order valence-corrected chi connectivity index (χ1v) is 7.66. The third kappa shape index (κ3) is 5.39. The summed E-state index contributed by atoms with van der Waals surface area (Å²) in [6, 6.07) is 7.88. The summed E-state index contributed by atoms with van der Waals surface area (Å²) in [5.41, 5.74) is 7.11. The van der Waals surface area contributed by atoms with Gasteiger partial charge < -0.3 is 10.6 Å². The van der Waals surface area contributed by atoms with Crippen LogP contribution in [0.15, 0.2) is 29.3 Å². The second-order valence-corrected chi connectivity index (χ2v) is 5.81. The third-order valence-corrected chi connectivity index (χ3v) is 4.26. The minimum absolute atomic E-state index is 0. The van der Waals surface area contributed by atoms with Gasteiger partial charge in [0.2, 0.25) is 0 Å². The van der Waals surface area contributed by atoms with Crippen molar-refractivity contribution in [1.29, 1.82) is 0 Å². The SMILES string of the molecule is I.NC(=NCCc1ccccc1Cl)N1CCSCC1. The topological polar surface area (TPSA) is 41.6 Å². The second kappa shape index (κ2) is 8.92. The Hall–Kier alpha value is -0.140. The van der Waals surface area contributed by atoms with Crippen molar-refractivity contribution in [3.8, 4) is 0 Å². The molecule has 1 aliphatic rings. The van der Waals surface area contributed by atoms with Gasteiger partial charge in [-0.2, -0.15) is 11.8 Å². The summed E-state index contributed by atoms with van der Waals surface area (Å²) in [6.07, 6.45) is 0.836. The molecule has 2 rings (SSSR count). The van der Waals surface area contributed by atoms with E-state index in [9.17, 15) is 0 Å². The van der Waals surface area contributed by atoms with Gasteiger partial charge in [-0.05, 0) is 18.1 Å². The first-order chi connectivity index (χ1) is 8.77. The highest BCUT2D eigenvalue weighted by atomic mass is 127. The lowest BCUT2D eigenvalue weighted by Gasteiger charge is -2.27. The van der Waals surface area contributed by atoms with E-state index < -0.39 is 0 Å². The molecule has 1 aromatic rings. The van der Waals surface area contributed by atoms with Crippen LogP contribution in [0.2, 0.25) is 5.02 Å². The number of guanidine groups is 1. The first-order valence-electron chi connectivity index (χ1n) is 6.13. The maximum Gasteiger partial charge on any atom is 0.191 e. The molecule has 106 valence electrons. The van der Waals surface area contributed by atoms with Crippen molar-refractivity contribution in [2.75, 3.05) is 31.1 Å². The molecule has 0 unspecified atom stereocenters. The number of hydrogen-bond donors (Lipinski definition) is 1. The summed E-state index contributed by atoms with van der Waals surface area (Å²) in [7, 11) is 0. The summed E-state index contributed by atoms with van der Waals surface area (Å²) < 4.78 is 0. The molecular formula is C13H19ClIN3S. The van der Waals surface area contributed by atoms with Crippen LogP contribution in [0.25, 0.3) is 0 Å². The van der Waals surface area contributed by atoms with Crippen LogP contribution in [0.3, 0.4) is 0 Å². The lowest BCUT2D eigenvalue weighted by atomic mass is 10.1. The van der Waals surface area contributed by atoms with Crippen LogP contribution >= 0.6 is 47.3 Å². The Bertz CT molecular complexity index is 422. The Morgan fingerprint density at radius 2 is 2.00 bits per heavy atom. The highest BCUT2D eigenvalue weighted by molar-refractivity contribution is 14.0. The number of rotatable bonds is 3.